The largest absolute Gasteiger partial charge is 0.494 e. The Morgan fingerprint density at radius 3 is 2.51 bits per heavy atom. The first-order valence-corrected chi connectivity index (χ1v) is 19.6. The van der Waals surface area contributed by atoms with E-state index in [0.717, 1.165) is 74.6 Å². The molecule has 2 aromatic heterocycles. The fourth-order valence-corrected chi connectivity index (χ4v) is 8.38. The normalized spacial score (nSPS) is 19.5. The average Bonchev–Trinajstić information content (AvgIpc) is 3.60. The van der Waals surface area contributed by atoms with Gasteiger partial charge in [0.25, 0.3) is 11.8 Å². The topological polar surface area (TPSA) is 142 Å². The third-order valence-corrected chi connectivity index (χ3v) is 11.7. The molecule has 2 aromatic carbocycles. The number of aromatic nitrogens is 3. The van der Waals surface area contributed by atoms with Crippen LogP contribution in [0, 0.1) is 18.8 Å². The maximum Gasteiger partial charge on any atom is 0.328 e. The van der Waals surface area contributed by atoms with Gasteiger partial charge in [-0.25, -0.2) is 9.78 Å². The average molecular weight is 769 g/mol. The van der Waals surface area contributed by atoms with Crippen LogP contribution in [0.5, 0.6) is 5.75 Å². The number of imide groups is 1. The van der Waals surface area contributed by atoms with Crippen molar-refractivity contribution < 1.29 is 23.9 Å². The van der Waals surface area contributed by atoms with Crippen LogP contribution in [0.25, 0.3) is 10.9 Å². The number of nitrogens with zero attached hydrogens (tertiary/aromatic N) is 6. The van der Waals surface area contributed by atoms with Crippen LogP contribution in [0.3, 0.4) is 0 Å². The van der Waals surface area contributed by atoms with Crippen LogP contribution >= 0.6 is 11.6 Å². The number of aryl methyl sites for hydroxylation is 1. The van der Waals surface area contributed by atoms with Crippen molar-refractivity contribution in [3.05, 3.63) is 76.7 Å². The van der Waals surface area contributed by atoms with E-state index < -0.39 is 6.03 Å². The number of nitrogens with one attached hydrogen (secondary N) is 2. The van der Waals surface area contributed by atoms with Crippen LogP contribution in [-0.4, -0.2) is 95.2 Å². The number of fused-ring (bicyclic) bond motifs is 1. The van der Waals surface area contributed by atoms with E-state index in [2.05, 4.69) is 38.4 Å². The third kappa shape index (κ3) is 8.94. The number of hydrogen-bond donors (Lipinski definition) is 2. The number of methoxy groups -OCH3 is 1. The second kappa shape index (κ2) is 16.8. The Morgan fingerprint density at radius 1 is 1.00 bits per heavy atom. The fourth-order valence-electron chi connectivity index (χ4n) is 8.16. The Hall–Kier alpha value is -5.01. The fraction of sp³-hybridized carbons (Fsp3) is 0.463. The van der Waals surface area contributed by atoms with E-state index in [9.17, 15) is 19.2 Å². The minimum absolute atomic E-state index is 0.0644. The standard InChI is InChI=1S/C41H49ClN8O5/c1-26-5-4-6-33(43-26)39(52)44-35-21-30-25-50(46-34(30)23-37(35)55-3)31-10-7-28(8-11-31)24-47(2)17-13-27-14-18-48(19-15-27)40(53)29-9-12-32(42)36(22-29)49-20-16-38(51)45-41(49)54/h4-6,9,12,21-23,25,27-28,31H,7-8,10-11,13-20,24H2,1-3H3,(H,44,52)(H,45,51,54). The molecule has 0 spiro atoms. The Balaban J connectivity index is 0.852. The molecule has 14 heteroatoms. The van der Waals surface area contributed by atoms with Gasteiger partial charge in [-0.2, -0.15) is 5.10 Å². The molecule has 1 saturated carbocycles. The zero-order valence-electron chi connectivity index (χ0n) is 31.7. The number of carbonyl (C=O) groups is 4. The van der Waals surface area contributed by atoms with Crippen LogP contribution in [0.4, 0.5) is 16.2 Å². The van der Waals surface area contributed by atoms with Crippen molar-refractivity contribution in [1.82, 2.24) is 29.9 Å². The zero-order valence-corrected chi connectivity index (χ0v) is 32.5. The lowest BCUT2D eigenvalue weighted by atomic mass is 9.85. The molecule has 7 rings (SSSR count). The number of benzene rings is 2. The Labute approximate surface area is 326 Å². The quantitative estimate of drug-likeness (QED) is 0.172. The molecule has 0 radical (unpaired) electrons. The molecule has 1 aliphatic carbocycles. The summed E-state index contributed by atoms with van der Waals surface area (Å²) in [6.45, 7) is 5.58. The number of pyridine rings is 1. The molecule has 5 amide bonds. The van der Waals surface area contributed by atoms with E-state index in [0.29, 0.717) is 64.4 Å². The highest BCUT2D eigenvalue weighted by molar-refractivity contribution is 6.34. The lowest BCUT2D eigenvalue weighted by Crippen LogP contribution is -2.49. The van der Waals surface area contributed by atoms with Gasteiger partial charge in [0.05, 0.1) is 35.1 Å². The van der Waals surface area contributed by atoms with Gasteiger partial charge in [0, 0.05) is 61.5 Å². The molecular weight excluding hydrogens is 720 g/mol. The van der Waals surface area contributed by atoms with Gasteiger partial charge in [0.1, 0.15) is 11.4 Å². The summed E-state index contributed by atoms with van der Waals surface area (Å²) in [6, 6.07) is 14.0. The number of urea groups is 1. The van der Waals surface area contributed by atoms with Crippen molar-refractivity contribution in [2.45, 2.75) is 64.3 Å². The number of ether oxygens (including phenoxy) is 1. The number of rotatable bonds is 11. The lowest BCUT2D eigenvalue weighted by Gasteiger charge is -2.34. The van der Waals surface area contributed by atoms with E-state index in [1.54, 1.807) is 31.4 Å². The van der Waals surface area contributed by atoms with Gasteiger partial charge in [0.15, 0.2) is 0 Å². The van der Waals surface area contributed by atoms with Crippen LogP contribution in [0.15, 0.2) is 54.7 Å². The Bertz CT molecular complexity index is 2070. The van der Waals surface area contributed by atoms with Crippen molar-refractivity contribution in [2.24, 2.45) is 11.8 Å². The van der Waals surface area contributed by atoms with Gasteiger partial charge in [-0.05, 0) is 114 Å². The molecule has 0 unspecified atom stereocenters. The van der Waals surface area contributed by atoms with E-state index in [-0.39, 0.29) is 30.7 Å². The number of halogens is 1. The minimum Gasteiger partial charge on any atom is -0.494 e. The van der Waals surface area contributed by atoms with Crippen molar-refractivity contribution in [3.63, 3.8) is 0 Å². The summed E-state index contributed by atoms with van der Waals surface area (Å²) in [5, 5.41) is 11.5. The molecule has 290 valence electrons. The van der Waals surface area contributed by atoms with E-state index in [1.807, 2.05) is 36.1 Å². The van der Waals surface area contributed by atoms with Crippen LogP contribution in [0.1, 0.15) is 83.9 Å². The van der Waals surface area contributed by atoms with Gasteiger partial charge in [-0.1, -0.05) is 17.7 Å². The molecule has 3 fully saturated rings. The summed E-state index contributed by atoms with van der Waals surface area (Å²) in [4.78, 5) is 60.5. The first kappa shape index (κ1) is 38.3. The van der Waals surface area contributed by atoms with Crippen LogP contribution < -0.4 is 20.3 Å². The van der Waals surface area contributed by atoms with Gasteiger partial charge < -0.3 is 19.9 Å². The molecule has 55 heavy (non-hydrogen) atoms. The highest BCUT2D eigenvalue weighted by Gasteiger charge is 2.29. The predicted octanol–water partition coefficient (Wildman–Crippen LogP) is 6.71. The molecule has 0 bridgehead atoms. The summed E-state index contributed by atoms with van der Waals surface area (Å²) in [5.74, 6) is 1.10. The molecule has 2 aliphatic heterocycles. The maximum absolute atomic E-state index is 13.4. The summed E-state index contributed by atoms with van der Waals surface area (Å²) >= 11 is 6.40. The molecule has 3 aliphatic rings. The van der Waals surface area contributed by atoms with Crippen LogP contribution in [-0.2, 0) is 4.79 Å². The molecule has 0 atom stereocenters. The van der Waals surface area contributed by atoms with E-state index in [1.165, 1.54) is 4.90 Å². The van der Waals surface area contributed by atoms with Gasteiger partial charge in [0.2, 0.25) is 5.91 Å². The number of anilines is 2. The van der Waals surface area contributed by atoms with Gasteiger partial charge >= 0.3 is 6.03 Å². The number of likely N-dealkylation sites (tertiary alicyclic amines) is 1. The number of carbonyl (C=O) groups excluding carboxylic acids is 4. The number of amides is 5. The Morgan fingerprint density at radius 2 is 1.78 bits per heavy atom. The Kier molecular flexibility index (Phi) is 11.7. The second-order valence-corrected chi connectivity index (χ2v) is 15.6. The van der Waals surface area contributed by atoms with Crippen molar-refractivity contribution >= 4 is 57.6 Å². The van der Waals surface area contributed by atoms with E-state index >= 15 is 0 Å². The second-order valence-electron chi connectivity index (χ2n) is 15.2. The van der Waals surface area contributed by atoms with Crippen LogP contribution in [0.2, 0.25) is 5.02 Å². The van der Waals surface area contributed by atoms with Crippen molar-refractivity contribution in [3.8, 4) is 5.75 Å². The third-order valence-electron chi connectivity index (χ3n) is 11.3. The molecular formula is C41H49ClN8O5. The smallest absolute Gasteiger partial charge is 0.328 e. The summed E-state index contributed by atoms with van der Waals surface area (Å²) in [6.07, 6.45) is 9.72. The highest BCUT2D eigenvalue weighted by Crippen LogP contribution is 2.36. The summed E-state index contributed by atoms with van der Waals surface area (Å²) < 4.78 is 7.71. The molecule has 2 N–H and O–H groups in total. The predicted molar refractivity (Wildman–Crippen MR) is 212 cm³/mol. The van der Waals surface area contributed by atoms with Crippen molar-refractivity contribution in [1.29, 1.82) is 0 Å². The molecule has 4 aromatic rings. The first-order chi connectivity index (χ1) is 26.5. The molecule has 4 heterocycles. The van der Waals surface area contributed by atoms with Gasteiger partial charge in [-0.15, -0.1) is 0 Å². The number of piperidine rings is 1. The summed E-state index contributed by atoms with van der Waals surface area (Å²) in [5.41, 5.74) is 3.49. The highest BCUT2D eigenvalue weighted by atomic mass is 35.5. The lowest BCUT2D eigenvalue weighted by molar-refractivity contribution is -0.120. The number of hydrogen-bond acceptors (Lipinski definition) is 8. The zero-order chi connectivity index (χ0) is 38.6. The first-order valence-electron chi connectivity index (χ1n) is 19.2. The minimum atomic E-state index is -0.525. The SMILES string of the molecule is COc1cc2nn(C3CCC(CN(C)CCC4CCN(C(=O)c5ccc(Cl)c(N6CCC(=O)NC6=O)c5)CC4)CC3)cc2cc1NC(=O)c1cccc(C)n1. The summed E-state index contributed by atoms with van der Waals surface area (Å²) in [7, 11) is 3.81. The monoisotopic (exact) mass is 768 g/mol. The van der Waals surface area contributed by atoms with Crippen molar-refractivity contribution in [2.75, 3.05) is 57.1 Å². The molecule has 13 nitrogen and oxygen atoms in total. The maximum atomic E-state index is 13.4. The molecule has 2 saturated heterocycles. The van der Waals surface area contributed by atoms with E-state index in [4.69, 9.17) is 21.4 Å². The van der Waals surface area contributed by atoms with Gasteiger partial charge in [-0.3, -0.25) is 29.3 Å².